The van der Waals surface area contributed by atoms with Crippen LogP contribution in [0.5, 0.6) is 0 Å². The SMILES string of the molecule is NC(=S)c1ccnc(NCC2CCCCC2)c1. The second-order valence-corrected chi connectivity index (χ2v) is 5.12. The van der Waals surface area contributed by atoms with Gasteiger partial charge in [0.1, 0.15) is 10.8 Å². The molecule has 0 saturated heterocycles. The molecule has 0 radical (unpaired) electrons. The molecule has 1 saturated carbocycles. The first-order valence-electron chi connectivity index (χ1n) is 6.25. The minimum absolute atomic E-state index is 0.424. The zero-order chi connectivity index (χ0) is 12.1. The quantitative estimate of drug-likeness (QED) is 0.806. The number of pyridine rings is 1. The van der Waals surface area contributed by atoms with Gasteiger partial charge in [0.2, 0.25) is 0 Å². The van der Waals surface area contributed by atoms with Gasteiger partial charge in [-0.1, -0.05) is 31.5 Å². The van der Waals surface area contributed by atoms with Crippen molar-refractivity contribution in [1.82, 2.24) is 4.98 Å². The molecule has 1 aromatic heterocycles. The van der Waals surface area contributed by atoms with Crippen molar-refractivity contribution in [3.8, 4) is 0 Å². The maximum absolute atomic E-state index is 5.60. The van der Waals surface area contributed by atoms with Gasteiger partial charge in [-0.05, 0) is 30.9 Å². The van der Waals surface area contributed by atoms with Gasteiger partial charge in [-0.15, -0.1) is 0 Å². The van der Waals surface area contributed by atoms with Crippen LogP contribution in [0.15, 0.2) is 18.3 Å². The molecule has 0 aliphatic heterocycles. The molecule has 1 heterocycles. The Morgan fingerprint density at radius 3 is 2.88 bits per heavy atom. The van der Waals surface area contributed by atoms with Gasteiger partial charge in [0, 0.05) is 18.3 Å². The molecule has 1 aliphatic rings. The first kappa shape index (κ1) is 12.3. The van der Waals surface area contributed by atoms with Gasteiger partial charge in [-0.25, -0.2) is 4.98 Å². The van der Waals surface area contributed by atoms with Crippen molar-refractivity contribution >= 4 is 23.0 Å². The van der Waals surface area contributed by atoms with Crippen LogP contribution in [0, 0.1) is 5.92 Å². The van der Waals surface area contributed by atoms with E-state index >= 15 is 0 Å². The molecule has 2 rings (SSSR count). The normalized spacial score (nSPS) is 16.7. The minimum atomic E-state index is 0.424. The molecule has 0 unspecified atom stereocenters. The van der Waals surface area contributed by atoms with E-state index in [1.54, 1.807) is 6.20 Å². The number of nitrogens with zero attached hydrogens (tertiary/aromatic N) is 1. The van der Waals surface area contributed by atoms with E-state index in [1.807, 2.05) is 12.1 Å². The average molecular weight is 249 g/mol. The molecule has 0 aromatic carbocycles. The molecule has 0 amide bonds. The highest BCUT2D eigenvalue weighted by molar-refractivity contribution is 7.80. The summed E-state index contributed by atoms with van der Waals surface area (Å²) in [6.07, 6.45) is 8.55. The molecular weight excluding hydrogens is 230 g/mol. The van der Waals surface area contributed by atoms with Gasteiger partial charge >= 0.3 is 0 Å². The third-order valence-corrected chi connectivity index (χ3v) is 3.58. The zero-order valence-electron chi connectivity index (χ0n) is 9.98. The Morgan fingerprint density at radius 2 is 2.18 bits per heavy atom. The highest BCUT2D eigenvalue weighted by Crippen LogP contribution is 2.23. The van der Waals surface area contributed by atoms with E-state index in [0.29, 0.717) is 4.99 Å². The van der Waals surface area contributed by atoms with Gasteiger partial charge in [0.25, 0.3) is 0 Å². The molecule has 1 aromatic rings. The first-order chi connectivity index (χ1) is 8.25. The number of nitrogens with one attached hydrogen (secondary N) is 1. The van der Waals surface area contributed by atoms with Crippen molar-refractivity contribution in [3.63, 3.8) is 0 Å². The third kappa shape index (κ3) is 3.66. The summed E-state index contributed by atoms with van der Waals surface area (Å²) in [5.74, 6) is 1.67. The van der Waals surface area contributed by atoms with Crippen LogP contribution in [0.3, 0.4) is 0 Å². The summed E-state index contributed by atoms with van der Waals surface area (Å²) in [5, 5.41) is 3.38. The Balaban J connectivity index is 1.89. The summed E-state index contributed by atoms with van der Waals surface area (Å²) in [6, 6.07) is 3.76. The van der Waals surface area contributed by atoms with Crippen molar-refractivity contribution in [2.75, 3.05) is 11.9 Å². The number of hydrogen-bond acceptors (Lipinski definition) is 3. The fourth-order valence-electron chi connectivity index (χ4n) is 2.32. The lowest BCUT2D eigenvalue weighted by molar-refractivity contribution is 0.373. The van der Waals surface area contributed by atoms with E-state index in [0.717, 1.165) is 23.8 Å². The van der Waals surface area contributed by atoms with Crippen LogP contribution in [0.2, 0.25) is 0 Å². The average Bonchev–Trinajstić information content (AvgIpc) is 2.38. The van der Waals surface area contributed by atoms with E-state index < -0.39 is 0 Å². The topological polar surface area (TPSA) is 50.9 Å². The summed E-state index contributed by atoms with van der Waals surface area (Å²) in [5.41, 5.74) is 6.47. The van der Waals surface area contributed by atoms with Crippen molar-refractivity contribution in [2.24, 2.45) is 11.7 Å². The van der Waals surface area contributed by atoms with Crippen LogP contribution < -0.4 is 11.1 Å². The molecule has 0 spiro atoms. The molecule has 0 bridgehead atoms. The van der Waals surface area contributed by atoms with E-state index in [1.165, 1.54) is 32.1 Å². The van der Waals surface area contributed by atoms with Crippen LogP contribution in [-0.2, 0) is 0 Å². The lowest BCUT2D eigenvalue weighted by atomic mass is 9.89. The highest BCUT2D eigenvalue weighted by atomic mass is 32.1. The van der Waals surface area contributed by atoms with Crippen LogP contribution in [0.25, 0.3) is 0 Å². The lowest BCUT2D eigenvalue weighted by Gasteiger charge is -2.22. The number of anilines is 1. The summed E-state index contributed by atoms with van der Waals surface area (Å²) in [7, 11) is 0. The van der Waals surface area contributed by atoms with Crippen LogP contribution >= 0.6 is 12.2 Å². The molecule has 92 valence electrons. The molecule has 4 heteroatoms. The lowest BCUT2D eigenvalue weighted by Crippen LogP contribution is -2.18. The molecule has 3 nitrogen and oxygen atoms in total. The fraction of sp³-hybridized carbons (Fsp3) is 0.538. The maximum atomic E-state index is 5.60. The zero-order valence-corrected chi connectivity index (χ0v) is 10.8. The molecular formula is C13H19N3S. The third-order valence-electron chi connectivity index (χ3n) is 3.34. The number of hydrogen-bond donors (Lipinski definition) is 2. The molecule has 0 atom stereocenters. The number of thiocarbonyl (C=S) groups is 1. The van der Waals surface area contributed by atoms with E-state index in [-0.39, 0.29) is 0 Å². The second kappa shape index (κ2) is 5.96. The van der Waals surface area contributed by atoms with Gasteiger partial charge in [-0.3, -0.25) is 0 Å². The van der Waals surface area contributed by atoms with E-state index in [9.17, 15) is 0 Å². The molecule has 17 heavy (non-hydrogen) atoms. The molecule has 3 N–H and O–H groups in total. The van der Waals surface area contributed by atoms with Crippen molar-refractivity contribution < 1.29 is 0 Å². The van der Waals surface area contributed by atoms with Crippen LogP contribution in [-0.4, -0.2) is 16.5 Å². The van der Waals surface area contributed by atoms with Gasteiger partial charge in [0.05, 0.1) is 0 Å². The summed E-state index contributed by atoms with van der Waals surface area (Å²) < 4.78 is 0. The fourth-order valence-corrected chi connectivity index (χ4v) is 2.45. The molecule has 1 aliphatic carbocycles. The van der Waals surface area contributed by atoms with Gasteiger partial charge < -0.3 is 11.1 Å². The van der Waals surface area contributed by atoms with Crippen LogP contribution in [0.1, 0.15) is 37.7 Å². The number of aromatic nitrogens is 1. The van der Waals surface area contributed by atoms with Crippen molar-refractivity contribution in [1.29, 1.82) is 0 Å². The Hall–Kier alpha value is -1.16. The smallest absolute Gasteiger partial charge is 0.126 e. The highest BCUT2D eigenvalue weighted by Gasteiger charge is 2.13. The summed E-state index contributed by atoms with van der Waals surface area (Å²) in [6.45, 7) is 1.01. The Morgan fingerprint density at radius 1 is 1.41 bits per heavy atom. The maximum Gasteiger partial charge on any atom is 0.126 e. The first-order valence-corrected chi connectivity index (χ1v) is 6.66. The van der Waals surface area contributed by atoms with Gasteiger partial charge in [-0.2, -0.15) is 0 Å². The number of rotatable bonds is 4. The largest absolute Gasteiger partial charge is 0.389 e. The number of nitrogens with two attached hydrogens (primary N) is 1. The Kier molecular flexibility index (Phi) is 4.31. The van der Waals surface area contributed by atoms with Gasteiger partial charge in [0.15, 0.2) is 0 Å². The Bertz CT molecular complexity index is 386. The van der Waals surface area contributed by atoms with Crippen molar-refractivity contribution in [3.05, 3.63) is 23.9 Å². The predicted octanol–water partition coefficient (Wildman–Crippen LogP) is 2.71. The molecule has 1 fully saturated rings. The predicted molar refractivity (Wildman–Crippen MR) is 75.2 cm³/mol. The Labute approximate surface area is 108 Å². The minimum Gasteiger partial charge on any atom is -0.389 e. The van der Waals surface area contributed by atoms with E-state index in [2.05, 4.69) is 10.3 Å². The van der Waals surface area contributed by atoms with Crippen LogP contribution in [0.4, 0.5) is 5.82 Å². The summed E-state index contributed by atoms with van der Waals surface area (Å²) >= 11 is 4.95. The second-order valence-electron chi connectivity index (χ2n) is 4.68. The summed E-state index contributed by atoms with van der Waals surface area (Å²) in [4.78, 5) is 4.70. The monoisotopic (exact) mass is 249 g/mol. The standard InChI is InChI=1S/C13H19N3S/c14-13(17)11-6-7-15-12(8-11)16-9-10-4-2-1-3-5-10/h6-8,10H,1-5,9H2,(H2,14,17)(H,15,16). The van der Waals surface area contributed by atoms with Crippen molar-refractivity contribution in [2.45, 2.75) is 32.1 Å². The van der Waals surface area contributed by atoms with E-state index in [4.69, 9.17) is 18.0 Å².